The molecule has 0 amide bonds. The van der Waals surface area contributed by atoms with Crippen LogP contribution in [0.25, 0.3) is 0 Å². The van der Waals surface area contributed by atoms with Crippen LogP contribution in [0.3, 0.4) is 0 Å². The number of hydrogen-bond acceptors (Lipinski definition) is 2. The van der Waals surface area contributed by atoms with Crippen molar-refractivity contribution in [2.45, 2.75) is 45.1 Å². The van der Waals surface area contributed by atoms with Crippen LogP contribution < -0.4 is 5.32 Å². The lowest BCUT2D eigenvalue weighted by Gasteiger charge is -2.20. The molecule has 0 radical (unpaired) electrons. The van der Waals surface area contributed by atoms with Crippen LogP contribution >= 0.6 is 0 Å². The predicted molar refractivity (Wildman–Crippen MR) is 71.2 cm³/mol. The summed E-state index contributed by atoms with van der Waals surface area (Å²) in [4.78, 5) is 0. The van der Waals surface area contributed by atoms with Gasteiger partial charge in [0.15, 0.2) is 0 Å². The van der Waals surface area contributed by atoms with Crippen molar-refractivity contribution in [3.8, 4) is 0 Å². The van der Waals surface area contributed by atoms with E-state index < -0.39 is 0 Å². The van der Waals surface area contributed by atoms with E-state index in [4.69, 9.17) is 5.11 Å². The highest BCUT2D eigenvalue weighted by molar-refractivity contribution is 5.35. The number of fused-ring (bicyclic) bond motifs is 1. The number of aliphatic hydroxyl groups is 1. The molecule has 1 aromatic rings. The second-order valence-electron chi connectivity index (χ2n) is 4.99. The molecule has 1 unspecified atom stereocenters. The van der Waals surface area contributed by atoms with Gasteiger partial charge in [-0.05, 0) is 62.3 Å². The Morgan fingerprint density at radius 2 is 2.00 bits per heavy atom. The monoisotopic (exact) mass is 233 g/mol. The summed E-state index contributed by atoms with van der Waals surface area (Å²) in [7, 11) is 0. The highest BCUT2D eigenvalue weighted by Crippen LogP contribution is 2.24. The standard InChI is InChI=1S/C15H23NO/c1-12(16-9-4-10-17)14-8-7-13-5-2-3-6-15(13)11-14/h7-8,11-12,16-17H,2-6,9-10H2,1H3. The molecule has 1 aromatic carbocycles. The molecule has 0 aromatic heterocycles. The summed E-state index contributed by atoms with van der Waals surface area (Å²) in [5, 5.41) is 12.2. The van der Waals surface area contributed by atoms with Gasteiger partial charge in [-0.3, -0.25) is 0 Å². The molecule has 2 N–H and O–H groups in total. The molecule has 2 heteroatoms. The van der Waals surface area contributed by atoms with E-state index in [2.05, 4.69) is 30.4 Å². The second-order valence-corrected chi connectivity index (χ2v) is 4.99. The normalized spacial score (nSPS) is 16.6. The lowest BCUT2D eigenvalue weighted by Crippen LogP contribution is -2.21. The summed E-state index contributed by atoms with van der Waals surface area (Å²) in [6, 6.07) is 7.30. The van der Waals surface area contributed by atoms with Crippen molar-refractivity contribution in [2.24, 2.45) is 0 Å². The Balaban J connectivity index is 2.00. The fraction of sp³-hybridized carbons (Fsp3) is 0.600. The van der Waals surface area contributed by atoms with Crippen LogP contribution in [0.15, 0.2) is 18.2 Å². The van der Waals surface area contributed by atoms with E-state index in [9.17, 15) is 0 Å². The van der Waals surface area contributed by atoms with Gasteiger partial charge in [0, 0.05) is 12.6 Å². The van der Waals surface area contributed by atoms with Crippen LogP contribution in [0, 0.1) is 0 Å². The molecule has 0 heterocycles. The molecule has 0 saturated carbocycles. The molecule has 94 valence electrons. The number of aliphatic hydroxyl groups excluding tert-OH is 1. The minimum atomic E-state index is 0.268. The predicted octanol–water partition coefficient (Wildman–Crippen LogP) is 2.60. The van der Waals surface area contributed by atoms with Crippen LogP contribution in [0.2, 0.25) is 0 Å². The fourth-order valence-electron chi connectivity index (χ4n) is 2.54. The quantitative estimate of drug-likeness (QED) is 0.766. The molecular formula is C15H23NO. The highest BCUT2D eigenvalue weighted by Gasteiger charge is 2.11. The Labute approximate surface area is 104 Å². The van der Waals surface area contributed by atoms with Crippen LogP contribution in [0.1, 0.15) is 48.9 Å². The van der Waals surface area contributed by atoms with Gasteiger partial charge < -0.3 is 10.4 Å². The van der Waals surface area contributed by atoms with Crippen LogP contribution in [0.5, 0.6) is 0 Å². The number of aryl methyl sites for hydroxylation is 2. The lowest BCUT2D eigenvalue weighted by molar-refractivity contribution is 0.284. The van der Waals surface area contributed by atoms with E-state index in [1.165, 1.54) is 31.2 Å². The van der Waals surface area contributed by atoms with E-state index in [-0.39, 0.29) is 6.61 Å². The highest BCUT2D eigenvalue weighted by atomic mass is 16.3. The maximum Gasteiger partial charge on any atom is 0.0443 e. The molecule has 17 heavy (non-hydrogen) atoms. The van der Waals surface area contributed by atoms with Crippen LogP contribution in [0.4, 0.5) is 0 Å². The summed E-state index contributed by atoms with van der Waals surface area (Å²) in [5.41, 5.74) is 4.47. The zero-order chi connectivity index (χ0) is 12.1. The van der Waals surface area contributed by atoms with Gasteiger partial charge in [0.2, 0.25) is 0 Å². The van der Waals surface area contributed by atoms with E-state index >= 15 is 0 Å². The average Bonchev–Trinajstić information content (AvgIpc) is 2.38. The Bertz CT molecular complexity index is 362. The molecule has 1 aliphatic carbocycles. The lowest BCUT2D eigenvalue weighted by atomic mass is 9.89. The van der Waals surface area contributed by atoms with Crippen molar-refractivity contribution < 1.29 is 5.11 Å². The Kier molecular flexibility index (Phi) is 4.57. The summed E-state index contributed by atoms with van der Waals surface area (Å²) < 4.78 is 0. The molecule has 1 atom stereocenters. The van der Waals surface area contributed by atoms with E-state index in [0.29, 0.717) is 6.04 Å². The number of rotatable bonds is 5. The van der Waals surface area contributed by atoms with Crippen molar-refractivity contribution in [3.05, 3.63) is 34.9 Å². The summed E-state index contributed by atoms with van der Waals surface area (Å²) >= 11 is 0. The first-order valence-electron chi connectivity index (χ1n) is 6.77. The largest absolute Gasteiger partial charge is 0.396 e. The van der Waals surface area contributed by atoms with Gasteiger partial charge in [0.25, 0.3) is 0 Å². The third-order valence-corrected chi connectivity index (χ3v) is 3.66. The molecule has 2 rings (SSSR count). The first-order chi connectivity index (χ1) is 8.31. The molecule has 0 spiro atoms. The first-order valence-corrected chi connectivity index (χ1v) is 6.77. The Hall–Kier alpha value is -0.860. The minimum absolute atomic E-state index is 0.268. The van der Waals surface area contributed by atoms with Crippen molar-refractivity contribution in [1.29, 1.82) is 0 Å². The van der Waals surface area contributed by atoms with E-state index in [0.717, 1.165) is 13.0 Å². The minimum Gasteiger partial charge on any atom is -0.396 e. The zero-order valence-electron chi connectivity index (χ0n) is 10.7. The molecule has 2 nitrogen and oxygen atoms in total. The third-order valence-electron chi connectivity index (χ3n) is 3.66. The molecule has 1 aliphatic rings. The van der Waals surface area contributed by atoms with E-state index in [1.54, 1.807) is 11.1 Å². The molecule has 0 aliphatic heterocycles. The van der Waals surface area contributed by atoms with Crippen molar-refractivity contribution in [1.82, 2.24) is 5.32 Å². The van der Waals surface area contributed by atoms with Gasteiger partial charge in [-0.1, -0.05) is 18.2 Å². The number of benzene rings is 1. The van der Waals surface area contributed by atoms with Gasteiger partial charge in [0.05, 0.1) is 0 Å². The van der Waals surface area contributed by atoms with Gasteiger partial charge in [-0.25, -0.2) is 0 Å². The van der Waals surface area contributed by atoms with Gasteiger partial charge in [-0.2, -0.15) is 0 Å². The van der Waals surface area contributed by atoms with Crippen molar-refractivity contribution in [2.75, 3.05) is 13.2 Å². The van der Waals surface area contributed by atoms with E-state index in [1.807, 2.05) is 0 Å². The first kappa shape index (κ1) is 12.6. The maximum atomic E-state index is 8.77. The third kappa shape index (κ3) is 3.30. The molecular weight excluding hydrogens is 210 g/mol. The van der Waals surface area contributed by atoms with Gasteiger partial charge >= 0.3 is 0 Å². The Morgan fingerprint density at radius 1 is 1.24 bits per heavy atom. The number of hydrogen-bond donors (Lipinski definition) is 2. The maximum absolute atomic E-state index is 8.77. The zero-order valence-corrected chi connectivity index (χ0v) is 10.7. The fourth-order valence-corrected chi connectivity index (χ4v) is 2.54. The molecule has 0 saturated heterocycles. The topological polar surface area (TPSA) is 32.3 Å². The average molecular weight is 233 g/mol. The van der Waals surface area contributed by atoms with Crippen molar-refractivity contribution in [3.63, 3.8) is 0 Å². The summed E-state index contributed by atoms with van der Waals surface area (Å²) in [6.07, 6.45) is 6.00. The summed E-state index contributed by atoms with van der Waals surface area (Å²) in [5.74, 6) is 0. The Morgan fingerprint density at radius 3 is 2.76 bits per heavy atom. The SMILES string of the molecule is CC(NCCCO)c1ccc2c(c1)CCCC2. The van der Waals surface area contributed by atoms with Crippen LogP contribution in [-0.4, -0.2) is 18.3 Å². The summed E-state index contributed by atoms with van der Waals surface area (Å²) in [6.45, 7) is 3.35. The van der Waals surface area contributed by atoms with Crippen molar-refractivity contribution >= 4 is 0 Å². The number of nitrogens with one attached hydrogen (secondary N) is 1. The second kappa shape index (κ2) is 6.18. The van der Waals surface area contributed by atoms with Gasteiger partial charge in [0.1, 0.15) is 0 Å². The molecule has 0 fully saturated rings. The molecule has 0 bridgehead atoms. The van der Waals surface area contributed by atoms with Gasteiger partial charge in [-0.15, -0.1) is 0 Å². The van der Waals surface area contributed by atoms with Crippen LogP contribution in [-0.2, 0) is 12.8 Å². The smallest absolute Gasteiger partial charge is 0.0443 e.